The normalized spacial score (nSPS) is 12.2. The molecule has 8 heteroatoms. The number of rotatable bonds is 2. The molecule has 1 aliphatic heterocycles. The summed E-state index contributed by atoms with van der Waals surface area (Å²) in [5, 5.41) is 6.94. The molecule has 126 valence electrons. The number of carbonyl (C=O) groups excluding carboxylic acids is 1. The largest absolute Gasteiger partial charge is 0.454 e. The van der Waals surface area contributed by atoms with Gasteiger partial charge in [0.2, 0.25) is 6.79 Å². The highest BCUT2D eigenvalue weighted by atomic mass is 35.5. The Balaban J connectivity index is 1.56. The Morgan fingerprint density at radius 1 is 1.16 bits per heavy atom. The Hall–Kier alpha value is -2.35. The Labute approximate surface area is 157 Å². The number of para-hydroxylation sites is 1. The van der Waals surface area contributed by atoms with Crippen LogP contribution < -0.4 is 20.1 Å². The molecule has 2 heterocycles. The lowest BCUT2D eigenvalue weighted by Gasteiger charge is -2.08. The molecule has 1 aromatic heterocycles. The summed E-state index contributed by atoms with van der Waals surface area (Å²) < 4.78 is 11.6. The van der Waals surface area contributed by atoms with Gasteiger partial charge in [0, 0.05) is 21.8 Å². The van der Waals surface area contributed by atoms with Crippen LogP contribution in [0.15, 0.2) is 42.5 Å². The molecule has 1 amide bonds. The van der Waals surface area contributed by atoms with Gasteiger partial charge in [-0.05, 0) is 30.4 Å². The fourth-order valence-electron chi connectivity index (χ4n) is 2.45. The second kappa shape index (κ2) is 6.51. The van der Waals surface area contributed by atoms with Crippen LogP contribution in [0.3, 0.4) is 0 Å². The first-order valence-corrected chi connectivity index (χ1v) is 8.91. The Morgan fingerprint density at radius 3 is 2.64 bits per heavy atom. The smallest absolute Gasteiger partial charge is 0.269 e. The summed E-state index contributed by atoms with van der Waals surface area (Å²) in [7, 11) is 0. The zero-order valence-electron chi connectivity index (χ0n) is 12.7. The van der Waals surface area contributed by atoms with E-state index in [0.29, 0.717) is 21.4 Å². The van der Waals surface area contributed by atoms with Crippen LogP contribution in [0.25, 0.3) is 10.1 Å². The van der Waals surface area contributed by atoms with Gasteiger partial charge >= 0.3 is 0 Å². The standard InChI is InChI=1S/C17H11ClN2O3S2/c18-14-10-6-11-12(23-8-22-11)7-13(10)25-15(14)16(21)20-17(24)19-9-4-2-1-3-5-9/h1-7H,8H2,(H2,19,20,21,24). The maximum Gasteiger partial charge on any atom is 0.269 e. The summed E-state index contributed by atoms with van der Waals surface area (Å²) in [6.07, 6.45) is 0. The maximum atomic E-state index is 12.5. The van der Waals surface area contributed by atoms with Crippen LogP contribution in [0.2, 0.25) is 5.02 Å². The zero-order valence-corrected chi connectivity index (χ0v) is 15.1. The van der Waals surface area contributed by atoms with E-state index in [1.165, 1.54) is 11.3 Å². The number of hydrogen-bond donors (Lipinski definition) is 2. The minimum Gasteiger partial charge on any atom is -0.454 e. The van der Waals surface area contributed by atoms with Gasteiger partial charge in [0.1, 0.15) is 4.88 Å². The minimum absolute atomic E-state index is 0.191. The summed E-state index contributed by atoms with van der Waals surface area (Å²) in [5.74, 6) is 0.917. The number of ether oxygens (including phenoxy) is 2. The van der Waals surface area contributed by atoms with E-state index in [1.54, 1.807) is 6.07 Å². The van der Waals surface area contributed by atoms with Crippen LogP contribution >= 0.6 is 35.2 Å². The third kappa shape index (κ3) is 3.13. The molecule has 4 rings (SSSR count). The Kier molecular flexibility index (Phi) is 4.20. The van der Waals surface area contributed by atoms with Crippen molar-refractivity contribution in [2.75, 3.05) is 12.1 Å². The summed E-state index contributed by atoms with van der Waals surface area (Å²) in [4.78, 5) is 12.9. The van der Waals surface area contributed by atoms with Gasteiger partial charge < -0.3 is 14.8 Å². The third-order valence-corrected chi connectivity index (χ3v) is 5.45. The number of halogens is 1. The van der Waals surface area contributed by atoms with Gasteiger partial charge in [-0.1, -0.05) is 29.8 Å². The number of benzene rings is 2. The van der Waals surface area contributed by atoms with Gasteiger partial charge in [-0.2, -0.15) is 0 Å². The number of thiocarbonyl (C=S) groups is 1. The quantitative estimate of drug-likeness (QED) is 0.635. The number of hydrogen-bond acceptors (Lipinski definition) is 5. The van der Waals surface area contributed by atoms with Crippen molar-refractivity contribution in [1.29, 1.82) is 0 Å². The van der Waals surface area contributed by atoms with E-state index in [9.17, 15) is 4.79 Å². The van der Waals surface area contributed by atoms with Crippen molar-refractivity contribution in [2.45, 2.75) is 0 Å². The highest BCUT2D eigenvalue weighted by molar-refractivity contribution is 7.80. The lowest BCUT2D eigenvalue weighted by Crippen LogP contribution is -2.33. The van der Waals surface area contributed by atoms with E-state index in [1.807, 2.05) is 36.4 Å². The second-order valence-electron chi connectivity index (χ2n) is 5.22. The average Bonchev–Trinajstić information content (AvgIpc) is 3.18. The molecule has 3 aromatic rings. The van der Waals surface area contributed by atoms with Crippen molar-refractivity contribution in [3.8, 4) is 11.5 Å². The number of carbonyl (C=O) groups is 1. The molecule has 0 fully saturated rings. The van der Waals surface area contributed by atoms with Crippen LogP contribution in [0.5, 0.6) is 11.5 Å². The number of thiophene rings is 1. The number of amides is 1. The summed E-state index contributed by atoms with van der Waals surface area (Å²) >= 11 is 12.9. The van der Waals surface area contributed by atoms with Crippen LogP contribution in [-0.4, -0.2) is 17.8 Å². The van der Waals surface area contributed by atoms with Gasteiger partial charge in [0.05, 0.1) is 5.02 Å². The van der Waals surface area contributed by atoms with E-state index in [2.05, 4.69) is 10.6 Å². The minimum atomic E-state index is -0.360. The van der Waals surface area contributed by atoms with Gasteiger partial charge in [-0.3, -0.25) is 10.1 Å². The fraction of sp³-hybridized carbons (Fsp3) is 0.0588. The van der Waals surface area contributed by atoms with Crippen molar-refractivity contribution in [1.82, 2.24) is 5.32 Å². The van der Waals surface area contributed by atoms with Crippen molar-refractivity contribution in [3.63, 3.8) is 0 Å². The van der Waals surface area contributed by atoms with Crippen molar-refractivity contribution < 1.29 is 14.3 Å². The molecule has 0 spiro atoms. The summed E-state index contributed by atoms with van der Waals surface area (Å²) in [6.45, 7) is 0.191. The second-order valence-corrected chi connectivity index (χ2v) is 7.06. The lowest BCUT2D eigenvalue weighted by atomic mass is 10.2. The molecule has 2 aromatic carbocycles. The predicted octanol–water partition coefficient (Wildman–Crippen LogP) is 4.41. The fourth-order valence-corrected chi connectivity index (χ4v) is 4.07. The van der Waals surface area contributed by atoms with Gasteiger partial charge in [0.15, 0.2) is 16.6 Å². The van der Waals surface area contributed by atoms with Crippen molar-refractivity contribution in [2.24, 2.45) is 0 Å². The molecule has 0 atom stereocenters. The average molecular weight is 391 g/mol. The third-order valence-electron chi connectivity index (χ3n) is 3.59. The van der Waals surface area contributed by atoms with Crippen LogP contribution in [0.1, 0.15) is 9.67 Å². The molecule has 0 aliphatic carbocycles. The first kappa shape index (κ1) is 16.1. The van der Waals surface area contributed by atoms with E-state index < -0.39 is 0 Å². The van der Waals surface area contributed by atoms with Gasteiger partial charge in [0.25, 0.3) is 5.91 Å². The first-order chi connectivity index (χ1) is 12.1. The molecule has 0 saturated heterocycles. The van der Waals surface area contributed by atoms with Crippen molar-refractivity contribution in [3.05, 3.63) is 52.4 Å². The molecule has 0 radical (unpaired) electrons. The van der Waals surface area contributed by atoms with E-state index >= 15 is 0 Å². The molecule has 0 bridgehead atoms. The number of fused-ring (bicyclic) bond motifs is 2. The zero-order chi connectivity index (χ0) is 17.4. The van der Waals surface area contributed by atoms with Crippen LogP contribution in [-0.2, 0) is 0 Å². The molecule has 5 nitrogen and oxygen atoms in total. The Morgan fingerprint density at radius 2 is 1.88 bits per heavy atom. The van der Waals surface area contributed by atoms with Gasteiger partial charge in [-0.25, -0.2) is 0 Å². The van der Waals surface area contributed by atoms with Gasteiger partial charge in [-0.15, -0.1) is 11.3 Å². The molecule has 2 N–H and O–H groups in total. The summed E-state index contributed by atoms with van der Waals surface area (Å²) in [5.41, 5.74) is 0.793. The maximum absolute atomic E-state index is 12.5. The van der Waals surface area contributed by atoms with Crippen LogP contribution in [0.4, 0.5) is 5.69 Å². The molecule has 0 unspecified atom stereocenters. The van der Waals surface area contributed by atoms with E-state index in [0.717, 1.165) is 15.8 Å². The number of anilines is 1. The first-order valence-electron chi connectivity index (χ1n) is 7.31. The number of nitrogens with one attached hydrogen (secondary N) is 2. The molecular formula is C17H11ClN2O3S2. The lowest BCUT2D eigenvalue weighted by molar-refractivity contribution is 0.0982. The van der Waals surface area contributed by atoms with Crippen molar-refractivity contribution >= 4 is 61.9 Å². The highest BCUT2D eigenvalue weighted by Gasteiger charge is 2.22. The van der Waals surface area contributed by atoms with E-state index in [4.69, 9.17) is 33.3 Å². The molecule has 25 heavy (non-hydrogen) atoms. The molecule has 0 saturated carbocycles. The highest BCUT2D eigenvalue weighted by Crippen LogP contribution is 2.43. The topological polar surface area (TPSA) is 59.6 Å². The van der Waals surface area contributed by atoms with E-state index in [-0.39, 0.29) is 17.8 Å². The predicted molar refractivity (Wildman–Crippen MR) is 103 cm³/mol. The Bertz CT molecular complexity index is 988. The summed E-state index contributed by atoms with van der Waals surface area (Å²) in [6, 6.07) is 13.0. The monoisotopic (exact) mass is 390 g/mol. The molecule has 1 aliphatic rings. The molecular weight excluding hydrogens is 380 g/mol. The SMILES string of the molecule is O=C(NC(=S)Nc1ccccc1)c1sc2cc3c(cc2c1Cl)OCO3. The van der Waals surface area contributed by atoms with Crippen LogP contribution in [0, 0.1) is 0 Å².